The summed E-state index contributed by atoms with van der Waals surface area (Å²) < 4.78 is 10.4. The molecule has 28 heavy (non-hydrogen) atoms. The maximum Gasteiger partial charge on any atom is 0.313 e. The minimum absolute atomic E-state index is 0.0129. The Morgan fingerprint density at radius 2 is 1.54 bits per heavy atom. The summed E-state index contributed by atoms with van der Waals surface area (Å²) in [7, 11) is 0. The summed E-state index contributed by atoms with van der Waals surface area (Å²) in [5.74, 6) is -1.16. The first-order chi connectivity index (χ1) is 13.5. The summed E-state index contributed by atoms with van der Waals surface area (Å²) in [6.45, 7) is 3.64. The van der Waals surface area contributed by atoms with E-state index in [0.717, 1.165) is 44.9 Å². The van der Waals surface area contributed by atoms with Gasteiger partial charge in [0, 0.05) is 12.8 Å². The number of Topliss-reactive ketones (excluding diaryl/α,β-unsaturated/α-hetero) is 1. The fourth-order valence-electron chi connectivity index (χ4n) is 3.15. The monoisotopic (exact) mass is 394 g/mol. The Balaban J connectivity index is 1.86. The number of hydrogen-bond acceptors (Lipinski definition) is 5. The van der Waals surface area contributed by atoms with Crippen LogP contribution in [0.15, 0.2) is 12.2 Å². The number of ketones is 1. The maximum atomic E-state index is 11.5. The van der Waals surface area contributed by atoms with Crippen molar-refractivity contribution in [2.24, 2.45) is 0 Å². The first-order valence-electron chi connectivity index (χ1n) is 11.1. The average molecular weight is 395 g/mol. The maximum absolute atomic E-state index is 11.5. The third-order valence-electron chi connectivity index (χ3n) is 4.98. The summed E-state index contributed by atoms with van der Waals surface area (Å²) in [6.07, 6.45) is 18.2. The minimum Gasteiger partial charge on any atom is -0.393 e. The molecule has 0 saturated carbocycles. The van der Waals surface area contributed by atoms with E-state index in [-0.39, 0.29) is 25.0 Å². The second-order valence-corrected chi connectivity index (χ2v) is 7.77. The second-order valence-electron chi connectivity index (χ2n) is 7.77. The van der Waals surface area contributed by atoms with Gasteiger partial charge in [0.25, 0.3) is 0 Å². The van der Waals surface area contributed by atoms with Gasteiger partial charge in [-0.05, 0) is 39.0 Å². The topological polar surface area (TPSA) is 73.0 Å². The fourth-order valence-corrected chi connectivity index (χ4v) is 3.15. The first-order valence-corrected chi connectivity index (χ1v) is 11.1. The van der Waals surface area contributed by atoms with Crippen LogP contribution in [0.2, 0.25) is 0 Å². The van der Waals surface area contributed by atoms with Gasteiger partial charge < -0.3 is 14.3 Å². The number of esters is 2. The molecule has 5 nitrogen and oxygen atoms in total. The quantitative estimate of drug-likeness (QED) is 0.108. The van der Waals surface area contributed by atoms with Gasteiger partial charge in [0.2, 0.25) is 0 Å². The van der Waals surface area contributed by atoms with Gasteiger partial charge >= 0.3 is 11.9 Å². The van der Waals surface area contributed by atoms with Gasteiger partial charge in [0.15, 0.2) is 0 Å². The van der Waals surface area contributed by atoms with Crippen LogP contribution in [0.3, 0.4) is 0 Å². The predicted octanol–water partition coefficient (Wildman–Crippen LogP) is 5.45. The molecule has 0 aliphatic carbocycles. The van der Waals surface area contributed by atoms with Crippen LogP contribution in [-0.4, -0.2) is 29.9 Å². The molecule has 5 heteroatoms. The number of ether oxygens (including phenoxy) is 2. The van der Waals surface area contributed by atoms with E-state index in [2.05, 4.69) is 23.8 Å². The predicted molar refractivity (Wildman–Crippen MR) is 110 cm³/mol. The van der Waals surface area contributed by atoms with Crippen LogP contribution in [0, 0.1) is 0 Å². The molecule has 160 valence electrons. The molecule has 0 unspecified atom stereocenters. The van der Waals surface area contributed by atoms with Gasteiger partial charge in [-0.1, -0.05) is 57.6 Å². The van der Waals surface area contributed by atoms with Gasteiger partial charge in [-0.3, -0.25) is 9.59 Å². The molecule has 2 atom stereocenters. The van der Waals surface area contributed by atoms with E-state index in [1.54, 1.807) is 0 Å². The summed E-state index contributed by atoms with van der Waals surface area (Å²) in [6, 6.07) is 0. The van der Waals surface area contributed by atoms with E-state index >= 15 is 0 Å². The molecule has 0 bridgehead atoms. The fraction of sp³-hybridized carbons (Fsp3) is 0.783. The van der Waals surface area contributed by atoms with Crippen molar-refractivity contribution in [3.8, 4) is 0 Å². The molecule has 1 heterocycles. The number of carbonyl (C=O) groups excluding carboxylic acids is 3. The van der Waals surface area contributed by atoms with Gasteiger partial charge in [0.05, 0.1) is 18.6 Å². The van der Waals surface area contributed by atoms with E-state index < -0.39 is 11.9 Å². The van der Waals surface area contributed by atoms with Gasteiger partial charge in [-0.15, -0.1) is 0 Å². The molecule has 0 aromatic heterocycles. The Morgan fingerprint density at radius 1 is 0.821 bits per heavy atom. The highest BCUT2D eigenvalue weighted by atomic mass is 16.6. The Kier molecular flexibility index (Phi) is 13.5. The molecule has 1 aliphatic heterocycles. The number of rotatable bonds is 17. The number of unbranched alkanes of at least 4 members (excludes halogenated alkanes) is 7. The van der Waals surface area contributed by atoms with Crippen molar-refractivity contribution in [1.82, 2.24) is 0 Å². The van der Waals surface area contributed by atoms with Crippen LogP contribution < -0.4 is 0 Å². The van der Waals surface area contributed by atoms with E-state index in [4.69, 9.17) is 4.74 Å². The van der Waals surface area contributed by atoms with Crippen LogP contribution in [0.25, 0.3) is 0 Å². The minimum atomic E-state index is -0.601. The van der Waals surface area contributed by atoms with Crippen LogP contribution in [0.1, 0.15) is 104 Å². The molecule has 0 aromatic carbocycles. The van der Waals surface area contributed by atoms with Crippen molar-refractivity contribution in [1.29, 1.82) is 0 Å². The molecule has 1 rings (SSSR count). The summed E-state index contributed by atoms with van der Waals surface area (Å²) in [4.78, 5) is 33.6. The van der Waals surface area contributed by atoms with Crippen LogP contribution >= 0.6 is 0 Å². The van der Waals surface area contributed by atoms with Crippen molar-refractivity contribution >= 4 is 17.7 Å². The largest absolute Gasteiger partial charge is 0.393 e. The molecule has 1 saturated heterocycles. The molecular formula is C23H38O5. The van der Waals surface area contributed by atoms with E-state index in [0.29, 0.717) is 12.2 Å². The zero-order valence-electron chi connectivity index (χ0n) is 17.8. The Labute approximate surface area is 170 Å². The Bertz CT molecular complexity index is 497. The van der Waals surface area contributed by atoms with Crippen molar-refractivity contribution in [2.75, 3.05) is 0 Å². The lowest BCUT2D eigenvalue weighted by molar-refractivity contribution is -0.160. The third kappa shape index (κ3) is 13.6. The van der Waals surface area contributed by atoms with Crippen molar-refractivity contribution in [3.63, 3.8) is 0 Å². The molecule has 0 amide bonds. The normalized spacial score (nSPS) is 18.4. The van der Waals surface area contributed by atoms with E-state index in [1.165, 1.54) is 32.6 Å². The molecule has 1 aliphatic rings. The number of carbonyl (C=O) groups is 3. The molecule has 1 fully saturated rings. The Morgan fingerprint density at radius 3 is 2.29 bits per heavy atom. The zero-order valence-corrected chi connectivity index (χ0v) is 17.8. The van der Waals surface area contributed by atoms with Crippen molar-refractivity contribution in [2.45, 2.75) is 116 Å². The Hall–Kier alpha value is -1.49. The highest BCUT2D eigenvalue weighted by Crippen LogP contribution is 2.30. The molecule has 0 aromatic rings. The summed E-state index contributed by atoms with van der Waals surface area (Å²) in [5, 5.41) is 0. The van der Waals surface area contributed by atoms with Gasteiger partial charge in [-0.25, -0.2) is 0 Å². The molecule has 0 N–H and O–H groups in total. The third-order valence-corrected chi connectivity index (χ3v) is 4.98. The van der Waals surface area contributed by atoms with E-state index in [1.807, 2.05) is 0 Å². The highest BCUT2D eigenvalue weighted by Gasteiger charge is 2.36. The molecule has 0 radical (unpaired) electrons. The molecule has 0 spiro atoms. The zero-order chi connectivity index (χ0) is 20.6. The van der Waals surface area contributed by atoms with Crippen molar-refractivity contribution < 1.29 is 23.9 Å². The average Bonchev–Trinajstić information content (AvgIpc) is 3.40. The number of allylic oxidation sites excluding steroid dienone is 1. The van der Waals surface area contributed by atoms with Crippen LogP contribution in [0.4, 0.5) is 0 Å². The van der Waals surface area contributed by atoms with Crippen LogP contribution in [0.5, 0.6) is 0 Å². The van der Waals surface area contributed by atoms with Gasteiger partial charge in [0.1, 0.15) is 5.78 Å². The lowest BCUT2D eigenvalue weighted by Gasteiger charge is -2.02. The standard InChI is InChI=1S/C23H38O5/c1-3-4-11-14-20-21(27-20)15-12-9-7-5-6-8-10-13-16-22(25)28-23(26)18-17-19(2)24/h9,12,20-21H,3-8,10-11,13-18H2,1-2H3/b12-9-/t20-,21+/m1/s1. The van der Waals surface area contributed by atoms with Crippen molar-refractivity contribution in [3.05, 3.63) is 12.2 Å². The second kappa shape index (κ2) is 15.4. The molecular weight excluding hydrogens is 356 g/mol. The smallest absolute Gasteiger partial charge is 0.313 e. The summed E-state index contributed by atoms with van der Waals surface area (Å²) >= 11 is 0. The van der Waals surface area contributed by atoms with E-state index in [9.17, 15) is 14.4 Å². The summed E-state index contributed by atoms with van der Waals surface area (Å²) in [5.41, 5.74) is 0. The van der Waals surface area contributed by atoms with Crippen LogP contribution in [-0.2, 0) is 23.9 Å². The lowest BCUT2D eigenvalue weighted by atomic mass is 10.1. The van der Waals surface area contributed by atoms with Gasteiger partial charge in [-0.2, -0.15) is 0 Å². The lowest BCUT2D eigenvalue weighted by Crippen LogP contribution is -2.12. The number of epoxide rings is 1. The number of hydrogen-bond donors (Lipinski definition) is 0. The SMILES string of the molecule is CCCCC[C@H]1O[C@H]1C/C=C\CCCCCCCC(=O)OC(=O)CCC(C)=O. The highest BCUT2D eigenvalue weighted by molar-refractivity contribution is 5.87. The first kappa shape index (κ1) is 24.5.